The number of thiazole rings is 1. The number of methoxy groups -OCH3 is 2. The molecule has 27 heavy (non-hydrogen) atoms. The Morgan fingerprint density at radius 3 is 2.63 bits per heavy atom. The highest BCUT2D eigenvalue weighted by atomic mass is 35.5. The van der Waals surface area contributed by atoms with Crippen LogP contribution in [0.1, 0.15) is 19.3 Å². The van der Waals surface area contributed by atoms with Gasteiger partial charge in [-0.1, -0.05) is 0 Å². The number of halogens is 1. The lowest BCUT2D eigenvalue weighted by Gasteiger charge is -2.26. The Morgan fingerprint density at radius 1 is 1.22 bits per heavy atom. The molecule has 1 amide bonds. The van der Waals surface area contributed by atoms with Gasteiger partial charge in [-0.3, -0.25) is 4.79 Å². The highest BCUT2D eigenvalue weighted by Gasteiger charge is 2.49. The van der Waals surface area contributed by atoms with Crippen molar-refractivity contribution in [1.29, 1.82) is 0 Å². The van der Waals surface area contributed by atoms with Gasteiger partial charge in [0.25, 0.3) is 0 Å². The molecule has 2 aromatic rings. The number of nitrogens with zero attached hydrogens (tertiary/aromatic N) is 1. The standard InChI is InChI=1S/C19H23N3O3S.ClH/c1-24-14-6-5-10(8-15(14)25-2)13-9-26-19(21-13)22-18(23)16-11-3-4-12(7-11)17(16)20;/h5-6,8-9,11-12,16-17H,3-4,7,20H2,1-2H3,(H,21,22,23);1H. The van der Waals surface area contributed by atoms with Gasteiger partial charge in [0, 0.05) is 17.0 Å². The SMILES string of the molecule is COc1ccc(-c2csc(NC(=O)C3C4CCC(C4)C3N)n2)cc1OC.Cl. The van der Waals surface area contributed by atoms with Gasteiger partial charge in [0.15, 0.2) is 16.6 Å². The molecule has 1 aromatic carbocycles. The number of hydrogen-bond acceptors (Lipinski definition) is 6. The van der Waals surface area contributed by atoms with Crippen LogP contribution in [-0.2, 0) is 4.79 Å². The van der Waals surface area contributed by atoms with Crippen molar-refractivity contribution in [2.75, 3.05) is 19.5 Å². The van der Waals surface area contributed by atoms with Crippen molar-refractivity contribution in [3.8, 4) is 22.8 Å². The second kappa shape index (κ2) is 8.04. The Kier molecular flexibility index (Phi) is 5.93. The van der Waals surface area contributed by atoms with E-state index in [9.17, 15) is 4.79 Å². The summed E-state index contributed by atoms with van der Waals surface area (Å²) in [6.45, 7) is 0. The van der Waals surface area contributed by atoms with E-state index in [1.807, 2.05) is 23.6 Å². The van der Waals surface area contributed by atoms with E-state index in [0.29, 0.717) is 28.5 Å². The fraction of sp³-hybridized carbons (Fsp3) is 0.474. The van der Waals surface area contributed by atoms with Gasteiger partial charge < -0.3 is 20.5 Å². The van der Waals surface area contributed by atoms with Gasteiger partial charge in [0.2, 0.25) is 5.91 Å². The van der Waals surface area contributed by atoms with Crippen LogP contribution in [-0.4, -0.2) is 31.2 Å². The molecule has 2 bridgehead atoms. The van der Waals surface area contributed by atoms with E-state index < -0.39 is 0 Å². The van der Waals surface area contributed by atoms with Crippen molar-refractivity contribution in [2.45, 2.75) is 25.3 Å². The van der Waals surface area contributed by atoms with Crippen LogP contribution in [0.25, 0.3) is 11.3 Å². The molecule has 2 saturated carbocycles. The van der Waals surface area contributed by atoms with Crippen molar-refractivity contribution in [2.24, 2.45) is 23.5 Å². The lowest BCUT2D eigenvalue weighted by atomic mass is 9.84. The number of anilines is 1. The van der Waals surface area contributed by atoms with E-state index in [1.165, 1.54) is 11.3 Å². The number of rotatable bonds is 5. The van der Waals surface area contributed by atoms with Crippen molar-refractivity contribution in [3.63, 3.8) is 0 Å². The molecule has 4 atom stereocenters. The maximum absolute atomic E-state index is 12.7. The molecule has 4 unspecified atom stereocenters. The molecule has 2 aliphatic carbocycles. The molecule has 0 aliphatic heterocycles. The molecular weight excluding hydrogens is 386 g/mol. The van der Waals surface area contributed by atoms with Gasteiger partial charge in [0.05, 0.1) is 25.8 Å². The molecule has 6 nitrogen and oxygen atoms in total. The summed E-state index contributed by atoms with van der Waals surface area (Å²) in [6, 6.07) is 5.64. The minimum atomic E-state index is -0.0813. The van der Waals surface area contributed by atoms with Gasteiger partial charge >= 0.3 is 0 Å². The van der Waals surface area contributed by atoms with E-state index in [-0.39, 0.29) is 30.3 Å². The Balaban J connectivity index is 0.00000210. The summed E-state index contributed by atoms with van der Waals surface area (Å²) in [5, 5.41) is 5.51. The summed E-state index contributed by atoms with van der Waals surface area (Å²) in [7, 11) is 3.21. The van der Waals surface area contributed by atoms with Crippen LogP contribution in [0.5, 0.6) is 11.5 Å². The van der Waals surface area contributed by atoms with Crippen LogP contribution in [0.2, 0.25) is 0 Å². The number of fused-ring (bicyclic) bond motifs is 2. The van der Waals surface area contributed by atoms with Gasteiger partial charge in [0.1, 0.15) is 0 Å². The number of amides is 1. The fourth-order valence-electron chi connectivity index (χ4n) is 4.37. The molecule has 0 radical (unpaired) electrons. The maximum atomic E-state index is 12.7. The van der Waals surface area contributed by atoms with Gasteiger partial charge in [-0.15, -0.1) is 23.7 Å². The molecular formula is C19H24ClN3O3S. The second-order valence-electron chi connectivity index (χ2n) is 7.03. The predicted octanol–water partition coefficient (Wildman–Crippen LogP) is 3.56. The zero-order chi connectivity index (χ0) is 18.3. The van der Waals surface area contributed by atoms with Crippen molar-refractivity contribution in [1.82, 2.24) is 4.98 Å². The highest BCUT2D eigenvalue weighted by Crippen LogP contribution is 2.48. The largest absolute Gasteiger partial charge is 0.493 e. The van der Waals surface area contributed by atoms with Crippen LogP contribution in [0, 0.1) is 17.8 Å². The first-order valence-corrected chi connectivity index (χ1v) is 9.73. The summed E-state index contributed by atoms with van der Waals surface area (Å²) in [5.41, 5.74) is 7.98. The summed E-state index contributed by atoms with van der Waals surface area (Å²) in [4.78, 5) is 17.2. The Bertz CT molecular complexity index is 826. The van der Waals surface area contributed by atoms with Crippen molar-refractivity contribution in [3.05, 3.63) is 23.6 Å². The van der Waals surface area contributed by atoms with Gasteiger partial charge in [-0.2, -0.15) is 0 Å². The Hall–Kier alpha value is -1.83. The van der Waals surface area contributed by atoms with E-state index in [0.717, 1.165) is 30.5 Å². The predicted molar refractivity (Wildman–Crippen MR) is 109 cm³/mol. The van der Waals surface area contributed by atoms with Crippen LogP contribution in [0.3, 0.4) is 0 Å². The van der Waals surface area contributed by atoms with Crippen LogP contribution < -0.4 is 20.5 Å². The van der Waals surface area contributed by atoms with Gasteiger partial charge in [-0.05, 0) is 49.3 Å². The molecule has 1 aromatic heterocycles. The molecule has 3 N–H and O–H groups in total. The van der Waals surface area contributed by atoms with Crippen molar-refractivity contribution < 1.29 is 14.3 Å². The average molecular weight is 410 g/mol. The minimum Gasteiger partial charge on any atom is -0.493 e. The number of hydrogen-bond donors (Lipinski definition) is 2. The molecule has 2 aliphatic rings. The summed E-state index contributed by atoms with van der Waals surface area (Å²) in [6.07, 6.45) is 3.37. The average Bonchev–Trinajstić information content (AvgIpc) is 3.37. The molecule has 146 valence electrons. The van der Waals surface area contributed by atoms with Crippen LogP contribution in [0.4, 0.5) is 5.13 Å². The van der Waals surface area contributed by atoms with E-state index >= 15 is 0 Å². The first kappa shape index (κ1) is 19.9. The Labute approximate surface area is 168 Å². The lowest BCUT2D eigenvalue weighted by Crippen LogP contribution is -2.42. The zero-order valence-electron chi connectivity index (χ0n) is 15.3. The monoisotopic (exact) mass is 409 g/mol. The number of nitrogens with two attached hydrogens (primary N) is 1. The number of carbonyl (C=O) groups is 1. The summed E-state index contributed by atoms with van der Waals surface area (Å²) < 4.78 is 10.6. The van der Waals surface area contributed by atoms with Crippen molar-refractivity contribution >= 4 is 34.8 Å². The number of carbonyl (C=O) groups excluding carboxylic acids is 1. The van der Waals surface area contributed by atoms with Crippen LogP contribution >= 0.6 is 23.7 Å². The maximum Gasteiger partial charge on any atom is 0.231 e. The molecule has 2 fully saturated rings. The first-order valence-electron chi connectivity index (χ1n) is 8.85. The lowest BCUT2D eigenvalue weighted by molar-refractivity contribution is -0.121. The normalized spacial score (nSPS) is 25.7. The van der Waals surface area contributed by atoms with E-state index in [4.69, 9.17) is 15.2 Å². The third-order valence-electron chi connectivity index (χ3n) is 5.70. The summed E-state index contributed by atoms with van der Waals surface area (Å²) in [5.74, 6) is 2.19. The summed E-state index contributed by atoms with van der Waals surface area (Å²) >= 11 is 1.42. The first-order chi connectivity index (χ1) is 12.6. The number of nitrogens with one attached hydrogen (secondary N) is 1. The molecule has 4 rings (SSSR count). The Morgan fingerprint density at radius 2 is 1.96 bits per heavy atom. The van der Waals surface area contributed by atoms with Crippen LogP contribution in [0.15, 0.2) is 23.6 Å². The van der Waals surface area contributed by atoms with E-state index in [1.54, 1.807) is 14.2 Å². The smallest absolute Gasteiger partial charge is 0.231 e. The molecule has 0 saturated heterocycles. The number of aromatic nitrogens is 1. The quantitative estimate of drug-likeness (QED) is 0.788. The third-order valence-corrected chi connectivity index (χ3v) is 6.45. The number of benzene rings is 1. The topological polar surface area (TPSA) is 86.5 Å². The highest BCUT2D eigenvalue weighted by molar-refractivity contribution is 7.14. The zero-order valence-corrected chi connectivity index (χ0v) is 16.9. The second-order valence-corrected chi connectivity index (χ2v) is 7.89. The number of ether oxygens (including phenoxy) is 2. The molecule has 0 spiro atoms. The minimum absolute atomic E-state index is 0. The molecule has 8 heteroatoms. The van der Waals surface area contributed by atoms with Gasteiger partial charge in [-0.25, -0.2) is 4.98 Å². The fourth-order valence-corrected chi connectivity index (χ4v) is 5.10. The third kappa shape index (κ3) is 3.63. The van der Waals surface area contributed by atoms with E-state index in [2.05, 4.69) is 10.3 Å². The molecule has 1 heterocycles.